The lowest BCUT2D eigenvalue weighted by Gasteiger charge is -1.98. The van der Waals surface area contributed by atoms with Gasteiger partial charge in [0.1, 0.15) is 0 Å². The van der Waals surface area contributed by atoms with Crippen LogP contribution in [0.15, 0.2) is 35.9 Å². The van der Waals surface area contributed by atoms with Crippen molar-refractivity contribution in [2.45, 2.75) is 27.2 Å². The highest BCUT2D eigenvalue weighted by atomic mass is 13.9. The average Bonchev–Trinajstić information content (AvgIpc) is 2.01. The maximum Gasteiger partial charge on any atom is -0.00949 e. The minimum atomic E-state index is 1.06. The second-order valence-corrected chi connectivity index (χ2v) is 3.47. The molecule has 0 saturated heterocycles. The first-order chi connectivity index (χ1) is 5.68. The molecule has 0 spiro atoms. The van der Waals surface area contributed by atoms with E-state index in [9.17, 15) is 0 Å². The normalized spacial score (nSPS) is 9.58. The molecule has 0 aliphatic carbocycles. The maximum absolute atomic E-state index is 2.26. The molecule has 0 radical (unpaired) electrons. The van der Waals surface area contributed by atoms with Crippen LogP contribution < -0.4 is 0 Å². The third kappa shape index (κ3) is 2.91. The van der Waals surface area contributed by atoms with Gasteiger partial charge < -0.3 is 0 Å². The number of rotatable bonds is 2. The Kier molecular flexibility index (Phi) is 3.09. The van der Waals surface area contributed by atoms with E-state index in [1.165, 1.54) is 16.7 Å². The Morgan fingerprint density at radius 2 is 2.08 bits per heavy atom. The Bertz CT molecular complexity index is 278. The largest absolute Gasteiger partial charge is 0.0815 e. The Hall–Kier alpha value is -1.04. The number of hydrogen-bond donors (Lipinski definition) is 0. The van der Waals surface area contributed by atoms with Crippen LogP contribution in [0.1, 0.15) is 25.0 Å². The third-order valence-electron chi connectivity index (χ3n) is 1.83. The molecule has 1 aromatic rings. The van der Waals surface area contributed by atoms with E-state index in [1.54, 1.807) is 0 Å². The zero-order chi connectivity index (χ0) is 8.97. The van der Waals surface area contributed by atoms with Crippen LogP contribution in [-0.2, 0) is 6.42 Å². The highest BCUT2D eigenvalue weighted by Crippen LogP contribution is 2.06. The highest BCUT2D eigenvalue weighted by molar-refractivity contribution is 5.24. The van der Waals surface area contributed by atoms with Gasteiger partial charge in [0.25, 0.3) is 0 Å². The van der Waals surface area contributed by atoms with Gasteiger partial charge in [0.2, 0.25) is 0 Å². The summed E-state index contributed by atoms with van der Waals surface area (Å²) in [5.74, 6) is 0. The molecule has 0 bridgehead atoms. The molecular formula is C12H16. The summed E-state index contributed by atoms with van der Waals surface area (Å²) in [5.41, 5.74) is 4.13. The standard InChI is InChI=1S/C12H16/c1-10(2)7-8-12-6-4-5-11(3)9-12/h4-7,9H,8H2,1-3H3. The molecule has 0 aromatic heterocycles. The number of allylic oxidation sites excluding steroid dienone is 2. The second kappa shape index (κ2) is 4.10. The van der Waals surface area contributed by atoms with Crippen molar-refractivity contribution in [1.82, 2.24) is 0 Å². The van der Waals surface area contributed by atoms with Gasteiger partial charge in [0.05, 0.1) is 0 Å². The fraction of sp³-hybridized carbons (Fsp3) is 0.333. The van der Waals surface area contributed by atoms with Gasteiger partial charge in [0.15, 0.2) is 0 Å². The first kappa shape index (κ1) is 9.05. The summed E-state index contributed by atoms with van der Waals surface area (Å²) in [6.07, 6.45) is 3.32. The maximum atomic E-state index is 2.26. The number of benzene rings is 1. The van der Waals surface area contributed by atoms with E-state index in [1.807, 2.05) is 0 Å². The second-order valence-electron chi connectivity index (χ2n) is 3.47. The molecule has 0 amide bonds. The Labute approximate surface area is 74.9 Å². The summed E-state index contributed by atoms with van der Waals surface area (Å²) in [7, 11) is 0. The fourth-order valence-electron chi connectivity index (χ4n) is 1.16. The van der Waals surface area contributed by atoms with Crippen molar-refractivity contribution in [3.63, 3.8) is 0 Å². The molecule has 12 heavy (non-hydrogen) atoms. The minimum absolute atomic E-state index is 1.06. The SMILES string of the molecule is CC(C)=CCc1cccc(C)c1. The van der Waals surface area contributed by atoms with Gasteiger partial charge in [-0.15, -0.1) is 0 Å². The summed E-state index contributed by atoms with van der Waals surface area (Å²) in [5, 5.41) is 0. The van der Waals surface area contributed by atoms with Crippen molar-refractivity contribution in [2.24, 2.45) is 0 Å². The predicted molar refractivity (Wildman–Crippen MR) is 54.3 cm³/mol. The van der Waals surface area contributed by atoms with Crippen LogP contribution in [0.2, 0.25) is 0 Å². The van der Waals surface area contributed by atoms with Crippen LogP contribution >= 0.6 is 0 Å². The summed E-state index contributed by atoms with van der Waals surface area (Å²) in [4.78, 5) is 0. The van der Waals surface area contributed by atoms with Gasteiger partial charge in [-0.25, -0.2) is 0 Å². The molecule has 0 aliphatic heterocycles. The molecule has 0 saturated carbocycles. The third-order valence-corrected chi connectivity index (χ3v) is 1.83. The minimum Gasteiger partial charge on any atom is -0.0815 e. The van der Waals surface area contributed by atoms with Crippen molar-refractivity contribution in [3.05, 3.63) is 47.0 Å². The number of hydrogen-bond acceptors (Lipinski definition) is 0. The number of aryl methyl sites for hydroxylation is 1. The lowest BCUT2D eigenvalue weighted by molar-refractivity contribution is 1.20. The van der Waals surface area contributed by atoms with Gasteiger partial charge in [-0.1, -0.05) is 41.5 Å². The smallest absolute Gasteiger partial charge is 0.00949 e. The predicted octanol–water partition coefficient (Wildman–Crippen LogP) is 3.50. The van der Waals surface area contributed by atoms with Crippen LogP contribution in [0.5, 0.6) is 0 Å². The van der Waals surface area contributed by atoms with Crippen molar-refractivity contribution in [1.29, 1.82) is 0 Å². The Morgan fingerprint density at radius 1 is 1.33 bits per heavy atom. The summed E-state index contributed by atoms with van der Waals surface area (Å²) < 4.78 is 0. The van der Waals surface area contributed by atoms with Crippen molar-refractivity contribution >= 4 is 0 Å². The lowest BCUT2D eigenvalue weighted by Crippen LogP contribution is -1.82. The van der Waals surface area contributed by atoms with Crippen LogP contribution in [0.3, 0.4) is 0 Å². The van der Waals surface area contributed by atoms with Crippen LogP contribution in [-0.4, -0.2) is 0 Å². The van der Waals surface area contributed by atoms with E-state index in [0.717, 1.165) is 6.42 Å². The van der Waals surface area contributed by atoms with Gasteiger partial charge in [0, 0.05) is 0 Å². The first-order valence-electron chi connectivity index (χ1n) is 4.37. The zero-order valence-electron chi connectivity index (χ0n) is 8.09. The van der Waals surface area contributed by atoms with E-state index in [4.69, 9.17) is 0 Å². The summed E-state index contributed by atoms with van der Waals surface area (Å²) in [6.45, 7) is 6.40. The summed E-state index contributed by atoms with van der Waals surface area (Å²) >= 11 is 0. The van der Waals surface area contributed by atoms with Crippen molar-refractivity contribution in [2.75, 3.05) is 0 Å². The van der Waals surface area contributed by atoms with Crippen LogP contribution in [0.4, 0.5) is 0 Å². The molecule has 0 fully saturated rings. The van der Waals surface area contributed by atoms with Gasteiger partial charge >= 0.3 is 0 Å². The van der Waals surface area contributed by atoms with Crippen LogP contribution in [0, 0.1) is 6.92 Å². The monoisotopic (exact) mass is 160 g/mol. The van der Waals surface area contributed by atoms with Gasteiger partial charge in [-0.2, -0.15) is 0 Å². The van der Waals surface area contributed by atoms with E-state index in [0.29, 0.717) is 0 Å². The molecule has 1 rings (SSSR count). The molecule has 64 valence electrons. The summed E-state index contributed by atoms with van der Waals surface area (Å²) in [6, 6.07) is 8.65. The fourth-order valence-corrected chi connectivity index (χ4v) is 1.16. The first-order valence-corrected chi connectivity index (χ1v) is 4.37. The van der Waals surface area contributed by atoms with E-state index >= 15 is 0 Å². The van der Waals surface area contributed by atoms with Gasteiger partial charge in [-0.3, -0.25) is 0 Å². The van der Waals surface area contributed by atoms with E-state index in [2.05, 4.69) is 51.1 Å². The molecule has 0 heterocycles. The average molecular weight is 160 g/mol. The topological polar surface area (TPSA) is 0 Å². The molecule has 0 atom stereocenters. The molecule has 0 heteroatoms. The van der Waals surface area contributed by atoms with E-state index < -0.39 is 0 Å². The quantitative estimate of drug-likeness (QED) is 0.581. The molecule has 0 unspecified atom stereocenters. The van der Waals surface area contributed by atoms with E-state index in [-0.39, 0.29) is 0 Å². The van der Waals surface area contributed by atoms with Crippen molar-refractivity contribution in [3.8, 4) is 0 Å². The molecule has 0 aliphatic rings. The molecule has 1 aromatic carbocycles. The van der Waals surface area contributed by atoms with Gasteiger partial charge in [-0.05, 0) is 32.8 Å². The van der Waals surface area contributed by atoms with Crippen molar-refractivity contribution < 1.29 is 0 Å². The molecular weight excluding hydrogens is 144 g/mol. The molecule has 0 N–H and O–H groups in total. The molecule has 0 nitrogen and oxygen atoms in total. The zero-order valence-corrected chi connectivity index (χ0v) is 8.09. The van der Waals surface area contributed by atoms with Crippen LogP contribution in [0.25, 0.3) is 0 Å². The lowest BCUT2D eigenvalue weighted by atomic mass is 10.1. The Balaban J connectivity index is 2.70. The highest BCUT2D eigenvalue weighted by Gasteiger charge is 1.89. The Morgan fingerprint density at radius 3 is 2.67 bits per heavy atom.